The Labute approximate surface area is 84.3 Å². The molecule has 1 fully saturated rings. The van der Waals surface area contributed by atoms with E-state index in [4.69, 9.17) is 10.5 Å². The number of ether oxygens (including phenoxy) is 1. The third-order valence-electron chi connectivity index (χ3n) is 3.23. The fourth-order valence-electron chi connectivity index (χ4n) is 1.87. The Morgan fingerprint density at radius 3 is 2.64 bits per heavy atom. The monoisotopic (exact) mass is 192 g/mol. The molecule has 1 unspecified atom stereocenters. The van der Waals surface area contributed by atoms with Crippen molar-refractivity contribution in [3.63, 3.8) is 0 Å². The van der Waals surface area contributed by atoms with Crippen LogP contribution in [0.1, 0.15) is 26.0 Å². The number of methoxy groups -OCH3 is 1. The maximum absolute atomic E-state index is 6.25. The highest BCUT2D eigenvalue weighted by Gasteiger charge is 2.60. The average molecular weight is 192 g/mol. The molecule has 76 valence electrons. The van der Waals surface area contributed by atoms with Crippen LogP contribution in [0.3, 0.4) is 0 Å². The van der Waals surface area contributed by atoms with Gasteiger partial charge in [-0.1, -0.05) is 13.8 Å². The molecular weight excluding hydrogens is 176 g/mol. The largest absolute Gasteiger partial charge is 0.497 e. The molecule has 0 aliphatic heterocycles. The van der Waals surface area contributed by atoms with E-state index >= 15 is 0 Å². The first kappa shape index (κ1) is 9.46. The molecule has 3 nitrogen and oxygen atoms in total. The summed E-state index contributed by atoms with van der Waals surface area (Å²) in [5.41, 5.74) is 7.08. The van der Waals surface area contributed by atoms with E-state index in [0.717, 1.165) is 17.9 Å². The molecule has 0 aromatic carbocycles. The van der Waals surface area contributed by atoms with Crippen molar-refractivity contribution < 1.29 is 4.74 Å². The van der Waals surface area contributed by atoms with E-state index in [1.54, 1.807) is 13.3 Å². The van der Waals surface area contributed by atoms with Gasteiger partial charge in [-0.3, -0.25) is 4.98 Å². The number of hydrogen-bond acceptors (Lipinski definition) is 3. The molecule has 1 atom stereocenters. The number of rotatable bonds is 2. The van der Waals surface area contributed by atoms with Crippen LogP contribution in [0, 0.1) is 5.41 Å². The quantitative estimate of drug-likeness (QED) is 0.775. The van der Waals surface area contributed by atoms with Gasteiger partial charge in [-0.15, -0.1) is 0 Å². The van der Waals surface area contributed by atoms with Gasteiger partial charge in [0.1, 0.15) is 5.75 Å². The first-order valence-corrected chi connectivity index (χ1v) is 4.79. The SMILES string of the molecule is COc1ccnc(C2(N)CC2(C)C)c1. The highest BCUT2D eigenvalue weighted by molar-refractivity contribution is 5.34. The van der Waals surface area contributed by atoms with E-state index in [1.165, 1.54) is 0 Å². The van der Waals surface area contributed by atoms with Crippen molar-refractivity contribution in [2.45, 2.75) is 25.8 Å². The Kier molecular flexibility index (Phi) is 1.83. The van der Waals surface area contributed by atoms with Crippen molar-refractivity contribution in [1.29, 1.82) is 0 Å². The fraction of sp³-hybridized carbons (Fsp3) is 0.545. The Morgan fingerprint density at radius 2 is 2.14 bits per heavy atom. The van der Waals surface area contributed by atoms with Gasteiger partial charge >= 0.3 is 0 Å². The van der Waals surface area contributed by atoms with Crippen LogP contribution in [-0.4, -0.2) is 12.1 Å². The zero-order valence-electron chi connectivity index (χ0n) is 8.87. The summed E-state index contributed by atoms with van der Waals surface area (Å²) in [6.45, 7) is 4.32. The molecule has 0 amide bonds. The molecular formula is C11H16N2O. The molecule has 1 aliphatic carbocycles. The molecule has 0 spiro atoms. The molecule has 1 aliphatic rings. The summed E-state index contributed by atoms with van der Waals surface area (Å²) in [4.78, 5) is 4.31. The average Bonchev–Trinajstić information content (AvgIpc) is 2.68. The summed E-state index contributed by atoms with van der Waals surface area (Å²) in [7, 11) is 1.65. The molecule has 0 saturated heterocycles. The van der Waals surface area contributed by atoms with E-state index in [0.29, 0.717) is 0 Å². The van der Waals surface area contributed by atoms with E-state index in [1.807, 2.05) is 12.1 Å². The number of nitrogens with zero attached hydrogens (tertiary/aromatic N) is 1. The molecule has 3 heteroatoms. The molecule has 1 aromatic heterocycles. The highest BCUT2D eigenvalue weighted by Crippen LogP contribution is 2.59. The Hall–Kier alpha value is -1.09. The van der Waals surface area contributed by atoms with Crippen LogP contribution in [0.5, 0.6) is 5.75 Å². The van der Waals surface area contributed by atoms with Gasteiger partial charge in [0.25, 0.3) is 0 Å². The molecule has 0 bridgehead atoms. The van der Waals surface area contributed by atoms with Crippen LogP contribution in [-0.2, 0) is 5.54 Å². The Morgan fingerprint density at radius 1 is 1.50 bits per heavy atom. The van der Waals surface area contributed by atoms with E-state index in [2.05, 4.69) is 18.8 Å². The van der Waals surface area contributed by atoms with Crippen molar-refractivity contribution in [3.05, 3.63) is 24.0 Å². The van der Waals surface area contributed by atoms with E-state index < -0.39 is 0 Å². The number of nitrogens with two attached hydrogens (primary N) is 1. The first-order valence-electron chi connectivity index (χ1n) is 4.79. The summed E-state index contributed by atoms with van der Waals surface area (Å²) in [6.07, 6.45) is 2.73. The van der Waals surface area contributed by atoms with Crippen LogP contribution in [0.15, 0.2) is 18.3 Å². The minimum Gasteiger partial charge on any atom is -0.497 e. The number of pyridine rings is 1. The predicted octanol–water partition coefficient (Wildman–Crippen LogP) is 1.67. The lowest BCUT2D eigenvalue weighted by Crippen LogP contribution is -2.26. The van der Waals surface area contributed by atoms with Gasteiger partial charge in [0.05, 0.1) is 18.3 Å². The van der Waals surface area contributed by atoms with E-state index in [9.17, 15) is 0 Å². The lowest BCUT2D eigenvalue weighted by atomic mass is 10.0. The van der Waals surface area contributed by atoms with Gasteiger partial charge in [0.2, 0.25) is 0 Å². The van der Waals surface area contributed by atoms with Gasteiger partial charge in [-0.25, -0.2) is 0 Å². The fourth-order valence-corrected chi connectivity index (χ4v) is 1.87. The van der Waals surface area contributed by atoms with Crippen LogP contribution < -0.4 is 10.5 Å². The molecule has 1 aromatic rings. The highest BCUT2D eigenvalue weighted by atomic mass is 16.5. The Balaban J connectivity index is 2.34. The summed E-state index contributed by atoms with van der Waals surface area (Å²) < 4.78 is 5.15. The van der Waals surface area contributed by atoms with Gasteiger partial charge in [0, 0.05) is 12.3 Å². The minimum absolute atomic E-state index is 0.159. The second-order valence-corrected chi connectivity index (χ2v) is 4.61. The van der Waals surface area contributed by atoms with Crippen LogP contribution >= 0.6 is 0 Å². The molecule has 0 radical (unpaired) electrons. The molecule has 14 heavy (non-hydrogen) atoms. The van der Waals surface area contributed by atoms with Crippen LogP contribution in [0.2, 0.25) is 0 Å². The molecule has 1 heterocycles. The van der Waals surface area contributed by atoms with Crippen molar-refractivity contribution in [3.8, 4) is 5.75 Å². The normalized spacial score (nSPS) is 28.6. The number of aromatic nitrogens is 1. The third kappa shape index (κ3) is 1.20. The topological polar surface area (TPSA) is 48.1 Å². The maximum Gasteiger partial charge on any atom is 0.122 e. The second-order valence-electron chi connectivity index (χ2n) is 4.61. The zero-order valence-corrected chi connectivity index (χ0v) is 8.87. The predicted molar refractivity (Wildman–Crippen MR) is 55.1 cm³/mol. The van der Waals surface area contributed by atoms with Crippen LogP contribution in [0.4, 0.5) is 0 Å². The lowest BCUT2D eigenvalue weighted by molar-refractivity contribution is 0.411. The minimum atomic E-state index is -0.262. The lowest BCUT2D eigenvalue weighted by Gasteiger charge is -2.14. The second kappa shape index (κ2) is 2.70. The van der Waals surface area contributed by atoms with E-state index in [-0.39, 0.29) is 11.0 Å². The number of hydrogen-bond donors (Lipinski definition) is 1. The van der Waals surface area contributed by atoms with Gasteiger partial charge in [-0.05, 0) is 17.9 Å². The van der Waals surface area contributed by atoms with Crippen molar-refractivity contribution in [2.75, 3.05) is 7.11 Å². The van der Waals surface area contributed by atoms with Crippen molar-refractivity contribution >= 4 is 0 Å². The van der Waals surface area contributed by atoms with Gasteiger partial charge in [-0.2, -0.15) is 0 Å². The Bertz CT molecular complexity index is 362. The smallest absolute Gasteiger partial charge is 0.122 e. The molecule has 2 N–H and O–H groups in total. The molecule has 1 saturated carbocycles. The van der Waals surface area contributed by atoms with Gasteiger partial charge < -0.3 is 10.5 Å². The summed E-state index contributed by atoms with van der Waals surface area (Å²) in [6, 6.07) is 3.76. The third-order valence-corrected chi connectivity index (χ3v) is 3.23. The zero-order chi connectivity index (χ0) is 10.4. The first-order chi connectivity index (χ1) is 6.49. The summed E-state index contributed by atoms with van der Waals surface area (Å²) in [5.74, 6) is 0.822. The van der Waals surface area contributed by atoms with Crippen molar-refractivity contribution in [1.82, 2.24) is 4.98 Å². The molecule has 2 rings (SSSR count). The summed E-state index contributed by atoms with van der Waals surface area (Å²) in [5, 5.41) is 0. The standard InChI is InChI=1S/C11H16N2O/c1-10(2)7-11(10,12)9-6-8(14-3)4-5-13-9/h4-6H,7,12H2,1-3H3. The van der Waals surface area contributed by atoms with Crippen LogP contribution in [0.25, 0.3) is 0 Å². The summed E-state index contributed by atoms with van der Waals surface area (Å²) >= 11 is 0. The van der Waals surface area contributed by atoms with Gasteiger partial charge in [0.15, 0.2) is 0 Å². The van der Waals surface area contributed by atoms with Crippen molar-refractivity contribution in [2.24, 2.45) is 11.1 Å². The maximum atomic E-state index is 6.25.